The first-order chi connectivity index (χ1) is 7.33. The van der Waals surface area contributed by atoms with Crippen LogP contribution in [0.4, 0.5) is 0 Å². The van der Waals surface area contributed by atoms with E-state index in [9.17, 15) is 0 Å². The Morgan fingerprint density at radius 1 is 1.07 bits per heavy atom. The lowest BCUT2D eigenvalue weighted by Crippen LogP contribution is -2.51. The largest absolute Gasteiger partial charge is 0.310 e. The molecule has 0 amide bonds. The zero-order chi connectivity index (χ0) is 10.3. The first-order valence-electron chi connectivity index (χ1n) is 6.83. The molecule has 3 rings (SSSR count). The van der Waals surface area contributed by atoms with E-state index in [0.29, 0.717) is 0 Å². The lowest BCUT2D eigenvalue weighted by molar-refractivity contribution is 0.156. The lowest BCUT2D eigenvalue weighted by atomic mass is 9.81. The third kappa shape index (κ3) is 1.94. The second-order valence-corrected chi connectivity index (χ2v) is 5.93. The highest BCUT2D eigenvalue weighted by molar-refractivity contribution is 4.97. The summed E-state index contributed by atoms with van der Waals surface area (Å²) in [4.78, 5) is 2.73. The SMILES string of the molecule is CC1CC(NC2CCN3CCCCC23)C1. The lowest BCUT2D eigenvalue weighted by Gasteiger charge is -2.39. The van der Waals surface area contributed by atoms with Crippen LogP contribution in [0.5, 0.6) is 0 Å². The van der Waals surface area contributed by atoms with Gasteiger partial charge >= 0.3 is 0 Å². The molecule has 0 aromatic rings. The van der Waals surface area contributed by atoms with Crippen molar-refractivity contribution in [1.29, 1.82) is 0 Å². The monoisotopic (exact) mass is 208 g/mol. The highest BCUT2D eigenvalue weighted by Crippen LogP contribution is 2.31. The normalized spacial score (nSPS) is 46.2. The Morgan fingerprint density at radius 2 is 1.93 bits per heavy atom. The quantitative estimate of drug-likeness (QED) is 0.746. The maximum absolute atomic E-state index is 3.90. The molecule has 0 aromatic heterocycles. The standard InChI is InChI=1S/C13H24N2/c1-10-8-11(9-10)14-12-5-7-15-6-3-2-4-13(12)15/h10-14H,2-9H2,1H3. The van der Waals surface area contributed by atoms with Gasteiger partial charge in [0.05, 0.1) is 0 Å². The van der Waals surface area contributed by atoms with Crippen molar-refractivity contribution in [3.8, 4) is 0 Å². The summed E-state index contributed by atoms with van der Waals surface area (Å²) >= 11 is 0. The number of piperidine rings is 1. The summed E-state index contributed by atoms with van der Waals surface area (Å²) in [5.74, 6) is 0.978. The molecule has 3 aliphatic rings. The molecule has 2 saturated heterocycles. The van der Waals surface area contributed by atoms with Crippen LogP contribution in [-0.2, 0) is 0 Å². The Labute approximate surface area is 93.4 Å². The van der Waals surface area contributed by atoms with Crippen LogP contribution < -0.4 is 5.32 Å². The molecule has 1 N–H and O–H groups in total. The van der Waals surface area contributed by atoms with Gasteiger partial charge in [-0.2, -0.15) is 0 Å². The maximum Gasteiger partial charge on any atom is 0.0249 e. The summed E-state index contributed by atoms with van der Waals surface area (Å²) in [6, 6.07) is 2.56. The van der Waals surface area contributed by atoms with Gasteiger partial charge in [-0.3, -0.25) is 4.90 Å². The Kier molecular flexibility index (Phi) is 2.73. The fraction of sp³-hybridized carbons (Fsp3) is 1.00. The van der Waals surface area contributed by atoms with E-state index in [4.69, 9.17) is 0 Å². The molecule has 15 heavy (non-hydrogen) atoms. The van der Waals surface area contributed by atoms with Crippen LogP contribution in [0.3, 0.4) is 0 Å². The predicted octanol–water partition coefficient (Wildman–Crippen LogP) is 2.00. The van der Waals surface area contributed by atoms with Gasteiger partial charge < -0.3 is 5.32 Å². The highest BCUT2D eigenvalue weighted by atomic mass is 15.2. The molecule has 2 nitrogen and oxygen atoms in total. The summed E-state index contributed by atoms with van der Waals surface area (Å²) in [6.07, 6.45) is 8.58. The predicted molar refractivity (Wildman–Crippen MR) is 62.9 cm³/mol. The molecule has 86 valence electrons. The minimum Gasteiger partial charge on any atom is -0.310 e. The van der Waals surface area contributed by atoms with E-state index in [0.717, 1.165) is 24.0 Å². The van der Waals surface area contributed by atoms with E-state index >= 15 is 0 Å². The van der Waals surface area contributed by atoms with Crippen molar-refractivity contribution >= 4 is 0 Å². The van der Waals surface area contributed by atoms with Crippen molar-refractivity contribution in [2.24, 2.45) is 5.92 Å². The summed E-state index contributed by atoms with van der Waals surface area (Å²) in [6.45, 7) is 5.09. The van der Waals surface area contributed by atoms with Crippen molar-refractivity contribution in [2.75, 3.05) is 13.1 Å². The van der Waals surface area contributed by atoms with Crippen molar-refractivity contribution in [3.05, 3.63) is 0 Å². The van der Waals surface area contributed by atoms with Crippen LogP contribution in [0.25, 0.3) is 0 Å². The number of nitrogens with one attached hydrogen (secondary N) is 1. The number of nitrogens with zero attached hydrogens (tertiary/aromatic N) is 1. The maximum atomic E-state index is 3.90. The van der Waals surface area contributed by atoms with E-state index in [1.807, 2.05) is 0 Å². The molecule has 2 heteroatoms. The molecule has 3 fully saturated rings. The van der Waals surface area contributed by atoms with E-state index < -0.39 is 0 Å². The van der Waals surface area contributed by atoms with Gasteiger partial charge in [0.2, 0.25) is 0 Å². The fourth-order valence-corrected chi connectivity index (χ4v) is 3.78. The van der Waals surface area contributed by atoms with E-state index in [2.05, 4.69) is 17.1 Å². The van der Waals surface area contributed by atoms with Gasteiger partial charge in [-0.25, -0.2) is 0 Å². The van der Waals surface area contributed by atoms with Gasteiger partial charge in [-0.15, -0.1) is 0 Å². The molecular weight excluding hydrogens is 184 g/mol. The average molecular weight is 208 g/mol. The molecule has 2 heterocycles. The third-order valence-electron chi connectivity index (χ3n) is 4.68. The minimum absolute atomic E-state index is 0.822. The zero-order valence-electron chi connectivity index (χ0n) is 9.91. The molecule has 0 radical (unpaired) electrons. The van der Waals surface area contributed by atoms with Crippen LogP contribution in [-0.4, -0.2) is 36.1 Å². The van der Waals surface area contributed by atoms with Crippen LogP contribution in [0.15, 0.2) is 0 Å². The van der Waals surface area contributed by atoms with Gasteiger partial charge in [-0.1, -0.05) is 13.3 Å². The number of fused-ring (bicyclic) bond motifs is 1. The summed E-state index contributed by atoms with van der Waals surface area (Å²) in [7, 11) is 0. The average Bonchev–Trinajstić information content (AvgIpc) is 2.60. The van der Waals surface area contributed by atoms with Crippen LogP contribution in [0, 0.1) is 5.92 Å². The topological polar surface area (TPSA) is 15.3 Å². The molecule has 1 aliphatic carbocycles. The van der Waals surface area contributed by atoms with Crippen molar-refractivity contribution in [1.82, 2.24) is 10.2 Å². The summed E-state index contributed by atoms with van der Waals surface area (Å²) in [5, 5.41) is 3.90. The molecule has 2 unspecified atom stereocenters. The summed E-state index contributed by atoms with van der Waals surface area (Å²) in [5.41, 5.74) is 0. The van der Waals surface area contributed by atoms with Crippen LogP contribution in [0.1, 0.15) is 45.4 Å². The highest BCUT2D eigenvalue weighted by Gasteiger charge is 2.37. The molecule has 2 aliphatic heterocycles. The third-order valence-corrected chi connectivity index (χ3v) is 4.68. The molecule has 1 saturated carbocycles. The van der Waals surface area contributed by atoms with E-state index in [1.54, 1.807) is 0 Å². The number of rotatable bonds is 2. The van der Waals surface area contributed by atoms with Crippen LogP contribution in [0.2, 0.25) is 0 Å². The van der Waals surface area contributed by atoms with Gasteiger partial charge in [-0.05, 0) is 44.6 Å². The Balaban J connectivity index is 1.53. The fourth-order valence-electron chi connectivity index (χ4n) is 3.78. The second kappa shape index (κ2) is 4.06. The molecule has 0 aromatic carbocycles. The Hall–Kier alpha value is -0.0800. The first-order valence-corrected chi connectivity index (χ1v) is 6.83. The van der Waals surface area contributed by atoms with Gasteiger partial charge in [0, 0.05) is 24.7 Å². The van der Waals surface area contributed by atoms with Gasteiger partial charge in [0.25, 0.3) is 0 Å². The zero-order valence-corrected chi connectivity index (χ0v) is 9.91. The Bertz CT molecular complexity index is 223. The van der Waals surface area contributed by atoms with E-state index in [-0.39, 0.29) is 0 Å². The minimum atomic E-state index is 0.822. The van der Waals surface area contributed by atoms with Crippen molar-refractivity contribution < 1.29 is 0 Å². The smallest absolute Gasteiger partial charge is 0.0249 e. The van der Waals surface area contributed by atoms with Crippen LogP contribution >= 0.6 is 0 Å². The molecular formula is C13H24N2. The Morgan fingerprint density at radius 3 is 2.73 bits per heavy atom. The summed E-state index contributed by atoms with van der Waals surface area (Å²) < 4.78 is 0. The van der Waals surface area contributed by atoms with Crippen molar-refractivity contribution in [3.63, 3.8) is 0 Å². The van der Waals surface area contributed by atoms with E-state index in [1.165, 1.54) is 51.6 Å². The van der Waals surface area contributed by atoms with Crippen molar-refractivity contribution in [2.45, 2.75) is 63.6 Å². The van der Waals surface area contributed by atoms with Gasteiger partial charge in [0.15, 0.2) is 0 Å². The number of hydrogen-bond acceptors (Lipinski definition) is 2. The molecule has 2 atom stereocenters. The number of hydrogen-bond donors (Lipinski definition) is 1. The first kappa shape index (κ1) is 10.1. The molecule has 0 spiro atoms. The molecule has 0 bridgehead atoms. The second-order valence-electron chi connectivity index (χ2n) is 5.93. The van der Waals surface area contributed by atoms with Gasteiger partial charge in [0.1, 0.15) is 0 Å².